The van der Waals surface area contributed by atoms with Crippen molar-refractivity contribution in [1.29, 1.82) is 0 Å². The Hall–Kier alpha value is -3.64. The van der Waals surface area contributed by atoms with E-state index in [0.717, 1.165) is 35.7 Å². The van der Waals surface area contributed by atoms with Gasteiger partial charge in [-0.15, -0.1) is 20.4 Å². The number of aromatic nitrogens is 6. The van der Waals surface area contributed by atoms with Crippen molar-refractivity contribution in [1.82, 2.24) is 30.4 Å². The van der Waals surface area contributed by atoms with Crippen LogP contribution in [0.1, 0.15) is 46.6 Å². The van der Waals surface area contributed by atoms with Crippen LogP contribution < -0.4 is 10.6 Å². The fourth-order valence-electron chi connectivity index (χ4n) is 4.23. The molecule has 1 fully saturated rings. The summed E-state index contributed by atoms with van der Waals surface area (Å²) in [7, 11) is 0. The Bertz CT molecular complexity index is 1310. The van der Waals surface area contributed by atoms with E-state index >= 15 is 0 Å². The van der Waals surface area contributed by atoms with Gasteiger partial charge in [0.1, 0.15) is 10.0 Å². The second kappa shape index (κ2) is 11.4. The second-order valence-electron chi connectivity index (χ2n) is 8.62. The minimum Gasteiger partial charge on any atom is -0.300 e. The van der Waals surface area contributed by atoms with Gasteiger partial charge in [-0.05, 0) is 49.4 Å². The number of anilines is 2. The molecule has 184 valence electrons. The van der Waals surface area contributed by atoms with E-state index in [0.29, 0.717) is 33.5 Å². The monoisotopic (exact) mass is 520 g/mol. The highest BCUT2D eigenvalue weighted by Gasteiger charge is 2.29. The molecule has 5 rings (SSSR count). The van der Waals surface area contributed by atoms with Crippen LogP contribution in [-0.2, 0) is 28.9 Å². The molecule has 36 heavy (non-hydrogen) atoms. The Morgan fingerprint density at radius 2 is 1.44 bits per heavy atom. The predicted octanol–water partition coefficient (Wildman–Crippen LogP) is 3.67. The predicted molar refractivity (Wildman–Crippen MR) is 137 cm³/mol. The number of hydrogen-bond donors (Lipinski definition) is 2. The molecule has 0 radical (unpaired) electrons. The molecule has 0 bridgehead atoms. The maximum absolute atomic E-state index is 12.3. The molecule has 1 aliphatic rings. The Morgan fingerprint density at radius 3 is 2.08 bits per heavy atom. The Labute approximate surface area is 215 Å². The topological polar surface area (TPSA) is 136 Å². The molecule has 2 N–H and O–H groups in total. The summed E-state index contributed by atoms with van der Waals surface area (Å²) in [4.78, 5) is 32.9. The van der Waals surface area contributed by atoms with Crippen LogP contribution in [0.4, 0.5) is 10.3 Å². The third-order valence-electron chi connectivity index (χ3n) is 5.89. The third kappa shape index (κ3) is 6.52. The molecule has 4 aromatic rings. The summed E-state index contributed by atoms with van der Waals surface area (Å²) in [6.45, 7) is 0. The summed E-state index contributed by atoms with van der Waals surface area (Å²) in [5.41, 5.74) is 1.43. The van der Waals surface area contributed by atoms with E-state index in [1.807, 2.05) is 36.4 Å². The zero-order valence-electron chi connectivity index (χ0n) is 19.3. The molecular weight excluding hydrogens is 496 g/mol. The van der Waals surface area contributed by atoms with E-state index in [4.69, 9.17) is 0 Å². The molecule has 4 heterocycles. The van der Waals surface area contributed by atoms with E-state index in [2.05, 4.69) is 41.0 Å². The van der Waals surface area contributed by atoms with E-state index in [1.165, 1.54) is 22.7 Å². The fourth-order valence-corrected chi connectivity index (χ4v) is 6.01. The summed E-state index contributed by atoms with van der Waals surface area (Å²) < 4.78 is 0. The first-order valence-electron chi connectivity index (χ1n) is 11.7. The van der Waals surface area contributed by atoms with Crippen LogP contribution in [-0.4, -0.2) is 42.2 Å². The highest BCUT2D eigenvalue weighted by molar-refractivity contribution is 7.15. The molecule has 0 spiro atoms. The lowest BCUT2D eigenvalue weighted by molar-refractivity contribution is -0.116. The van der Waals surface area contributed by atoms with Gasteiger partial charge in [0, 0.05) is 36.1 Å². The summed E-state index contributed by atoms with van der Waals surface area (Å²) in [6, 6.07) is 11.0. The standard InChI is InChI=1S/C24H24N8O2S2/c33-19(13-17-5-1-3-9-25-17)27-23-31-29-21(35-23)12-15-7-8-16(11-15)22-30-32-24(36-22)28-20(34)14-18-6-2-4-10-26-18/h1-6,9-10,15-16H,7-8,11-14H2,(H,27,31,33)(H,28,32,34)/t15?,16-/m1/s1. The van der Waals surface area contributed by atoms with Gasteiger partial charge in [0.15, 0.2) is 0 Å². The van der Waals surface area contributed by atoms with Crippen LogP contribution in [0.25, 0.3) is 0 Å². The molecule has 1 aliphatic carbocycles. The third-order valence-corrected chi connectivity index (χ3v) is 7.75. The number of nitrogens with zero attached hydrogens (tertiary/aromatic N) is 6. The molecule has 2 atom stereocenters. The van der Waals surface area contributed by atoms with Crippen LogP contribution in [0.5, 0.6) is 0 Å². The molecule has 1 unspecified atom stereocenters. The highest BCUT2D eigenvalue weighted by atomic mass is 32.1. The van der Waals surface area contributed by atoms with Gasteiger partial charge in [-0.2, -0.15) is 0 Å². The first-order chi connectivity index (χ1) is 17.6. The van der Waals surface area contributed by atoms with Crippen LogP contribution in [0.15, 0.2) is 48.8 Å². The number of amides is 2. The minimum absolute atomic E-state index is 0.153. The molecule has 4 aromatic heterocycles. The van der Waals surface area contributed by atoms with E-state index in [9.17, 15) is 9.59 Å². The van der Waals surface area contributed by atoms with Crippen LogP contribution in [0.3, 0.4) is 0 Å². The molecule has 1 saturated carbocycles. The average Bonchev–Trinajstić information content (AvgIpc) is 3.62. The van der Waals surface area contributed by atoms with Gasteiger partial charge < -0.3 is 10.6 Å². The van der Waals surface area contributed by atoms with E-state index in [1.54, 1.807) is 12.4 Å². The minimum atomic E-state index is -0.156. The number of hydrogen-bond acceptors (Lipinski definition) is 10. The quantitative estimate of drug-likeness (QED) is 0.341. The number of carbonyl (C=O) groups excluding carboxylic acids is 2. The largest absolute Gasteiger partial charge is 0.300 e. The van der Waals surface area contributed by atoms with Crippen molar-refractivity contribution < 1.29 is 9.59 Å². The van der Waals surface area contributed by atoms with Gasteiger partial charge in [-0.1, -0.05) is 34.8 Å². The van der Waals surface area contributed by atoms with Crippen LogP contribution in [0.2, 0.25) is 0 Å². The molecule has 0 aliphatic heterocycles. The summed E-state index contributed by atoms with van der Waals surface area (Å²) in [5, 5.41) is 25.4. The first-order valence-corrected chi connectivity index (χ1v) is 13.3. The smallest absolute Gasteiger partial charge is 0.232 e. The zero-order chi connectivity index (χ0) is 24.7. The van der Waals surface area contributed by atoms with Gasteiger partial charge in [0.05, 0.1) is 12.8 Å². The zero-order valence-corrected chi connectivity index (χ0v) is 21.0. The summed E-state index contributed by atoms with van der Waals surface area (Å²) in [5.74, 6) is 0.474. The number of pyridine rings is 2. The van der Waals surface area contributed by atoms with Crippen molar-refractivity contribution >= 4 is 44.8 Å². The molecule has 10 nitrogen and oxygen atoms in total. The molecular formula is C24H24N8O2S2. The van der Waals surface area contributed by atoms with Crippen molar-refractivity contribution in [3.8, 4) is 0 Å². The summed E-state index contributed by atoms with van der Waals surface area (Å²) >= 11 is 2.85. The number of rotatable bonds is 9. The molecule has 2 amide bonds. The number of carbonyl (C=O) groups is 2. The van der Waals surface area contributed by atoms with Gasteiger partial charge in [0.25, 0.3) is 0 Å². The SMILES string of the molecule is O=C(Cc1ccccn1)Nc1nnc(CC2CC[C@@H](c3nnc(NC(=O)Cc4ccccn4)s3)C2)s1. The van der Waals surface area contributed by atoms with Crippen LogP contribution in [0, 0.1) is 5.92 Å². The molecule has 0 saturated heterocycles. The lowest BCUT2D eigenvalue weighted by Crippen LogP contribution is -2.14. The van der Waals surface area contributed by atoms with Crippen molar-refractivity contribution in [3.63, 3.8) is 0 Å². The molecule has 12 heteroatoms. The van der Waals surface area contributed by atoms with Crippen molar-refractivity contribution in [2.75, 3.05) is 10.6 Å². The highest BCUT2D eigenvalue weighted by Crippen LogP contribution is 2.41. The Morgan fingerprint density at radius 1 is 0.806 bits per heavy atom. The maximum Gasteiger partial charge on any atom is 0.232 e. The first kappa shape index (κ1) is 24.1. The van der Waals surface area contributed by atoms with Gasteiger partial charge in [0.2, 0.25) is 22.1 Å². The fraction of sp³-hybridized carbons (Fsp3) is 0.333. The number of nitrogens with one attached hydrogen (secondary N) is 2. The second-order valence-corrected chi connectivity index (χ2v) is 10.7. The van der Waals surface area contributed by atoms with Crippen molar-refractivity contribution in [2.45, 2.75) is 44.4 Å². The maximum atomic E-state index is 12.3. The van der Waals surface area contributed by atoms with Gasteiger partial charge in [-0.3, -0.25) is 19.6 Å². The lowest BCUT2D eigenvalue weighted by Gasteiger charge is -2.07. The van der Waals surface area contributed by atoms with E-state index < -0.39 is 0 Å². The van der Waals surface area contributed by atoms with Gasteiger partial charge >= 0.3 is 0 Å². The Balaban J connectivity index is 1.09. The lowest BCUT2D eigenvalue weighted by atomic mass is 10.0. The normalized spacial score (nSPS) is 17.1. The Kier molecular flexibility index (Phi) is 7.62. The van der Waals surface area contributed by atoms with Crippen molar-refractivity contribution in [2.24, 2.45) is 5.92 Å². The van der Waals surface area contributed by atoms with Crippen molar-refractivity contribution in [3.05, 3.63) is 70.2 Å². The molecule has 0 aromatic carbocycles. The average molecular weight is 521 g/mol. The van der Waals surface area contributed by atoms with E-state index in [-0.39, 0.29) is 24.7 Å². The summed E-state index contributed by atoms with van der Waals surface area (Å²) in [6.07, 6.45) is 7.63. The van der Waals surface area contributed by atoms with Crippen LogP contribution >= 0.6 is 22.7 Å². The van der Waals surface area contributed by atoms with Gasteiger partial charge in [-0.25, -0.2) is 0 Å².